The van der Waals surface area contributed by atoms with Crippen LogP contribution in [0.25, 0.3) is 0 Å². The van der Waals surface area contributed by atoms with Gasteiger partial charge >= 0.3 is 5.97 Å². The van der Waals surface area contributed by atoms with Gasteiger partial charge in [0, 0.05) is 30.1 Å². The Bertz CT molecular complexity index is 363. The van der Waals surface area contributed by atoms with E-state index in [-0.39, 0.29) is 6.42 Å². The number of fused-ring (bicyclic) bond motifs is 2. The van der Waals surface area contributed by atoms with E-state index in [4.69, 9.17) is 14.6 Å². The predicted molar refractivity (Wildman–Crippen MR) is 94.0 cm³/mol. The zero-order valence-electron chi connectivity index (χ0n) is 14.5. The summed E-state index contributed by atoms with van der Waals surface area (Å²) in [5, 5.41) is 9.36. The van der Waals surface area contributed by atoms with Crippen molar-refractivity contribution in [2.24, 2.45) is 11.8 Å². The maximum atomic E-state index is 10.5. The van der Waals surface area contributed by atoms with Crippen molar-refractivity contribution in [3.63, 3.8) is 0 Å². The average molecular weight is 345 g/mol. The zero-order valence-corrected chi connectivity index (χ0v) is 15.4. The van der Waals surface area contributed by atoms with E-state index < -0.39 is 5.97 Å². The first-order valence-corrected chi connectivity index (χ1v) is 10.2. The molecule has 0 aromatic carbocycles. The van der Waals surface area contributed by atoms with Gasteiger partial charge in [-0.25, -0.2) is 0 Å². The number of hydrogen-bond donors (Lipinski definition) is 1. The second kappa shape index (κ2) is 9.90. The van der Waals surface area contributed by atoms with Crippen LogP contribution in [0.15, 0.2) is 0 Å². The van der Waals surface area contributed by atoms with Crippen molar-refractivity contribution in [3.8, 4) is 0 Å². The quantitative estimate of drug-likeness (QED) is 0.543. The highest BCUT2D eigenvalue weighted by Crippen LogP contribution is 2.45. The Balaban J connectivity index is 1.67. The van der Waals surface area contributed by atoms with Crippen molar-refractivity contribution in [1.82, 2.24) is 0 Å². The number of thioether (sulfide) groups is 1. The van der Waals surface area contributed by atoms with Gasteiger partial charge in [-0.2, -0.15) is 11.8 Å². The summed E-state index contributed by atoms with van der Waals surface area (Å²) in [5.74, 6) is 1.64. The highest BCUT2D eigenvalue weighted by molar-refractivity contribution is 7.99. The summed E-state index contributed by atoms with van der Waals surface area (Å²) >= 11 is 2.09. The lowest BCUT2D eigenvalue weighted by Gasteiger charge is -2.28. The van der Waals surface area contributed by atoms with Crippen LogP contribution in [0.2, 0.25) is 0 Å². The molecule has 2 heterocycles. The van der Waals surface area contributed by atoms with Gasteiger partial charge in [-0.1, -0.05) is 20.3 Å². The Kier molecular flexibility index (Phi) is 8.21. The summed E-state index contributed by atoms with van der Waals surface area (Å²) in [4.78, 5) is 10.5. The molecule has 2 fully saturated rings. The maximum absolute atomic E-state index is 10.5. The standard InChI is InChI=1S/C18H32O4S/c1-3-6-13(2)23-12-15-14(16-8-9-17(15)22-16)11-21-10-5-4-7-18(19)20/h13-17H,3-12H2,1-2H3,(H,19,20). The molecule has 0 amide bonds. The van der Waals surface area contributed by atoms with Crippen LogP contribution >= 0.6 is 11.8 Å². The normalized spacial score (nSPS) is 30.7. The third-order valence-corrected chi connectivity index (χ3v) is 6.48. The summed E-state index contributed by atoms with van der Waals surface area (Å²) in [7, 11) is 0. The summed E-state index contributed by atoms with van der Waals surface area (Å²) in [6.07, 6.45) is 7.57. The lowest BCUT2D eigenvalue weighted by atomic mass is 9.81. The number of carboxylic acids is 1. The molecule has 0 radical (unpaired) electrons. The highest BCUT2D eigenvalue weighted by Gasteiger charge is 2.48. The summed E-state index contributed by atoms with van der Waals surface area (Å²) in [6, 6.07) is 0. The number of ether oxygens (including phenoxy) is 2. The monoisotopic (exact) mass is 344 g/mol. The van der Waals surface area contributed by atoms with E-state index in [9.17, 15) is 4.79 Å². The second-order valence-corrected chi connectivity index (χ2v) is 8.45. The largest absolute Gasteiger partial charge is 0.481 e. The van der Waals surface area contributed by atoms with Gasteiger partial charge in [-0.05, 0) is 37.9 Å². The van der Waals surface area contributed by atoms with E-state index in [1.807, 2.05) is 0 Å². The maximum Gasteiger partial charge on any atom is 0.303 e. The summed E-state index contributed by atoms with van der Waals surface area (Å²) in [6.45, 7) is 6.03. The average Bonchev–Trinajstić information content (AvgIpc) is 3.10. The Morgan fingerprint density at radius 1 is 1.30 bits per heavy atom. The molecule has 5 unspecified atom stereocenters. The molecule has 4 nitrogen and oxygen atoms in total. The molecule has 23 heavy (non-hydrogen) atoms. The molecule has 1 N–H and O–H groups in total. The second-order valence-electron chi connectivity index (χ2n) is 6.98. The molecule has 2 aliphatic heterocycles. The molecule has 5 atom stereocenters. The van der Waals surface area contributed by atoms with Gasteiger partial charge in [0.2, 0.25) is 0 Å². The molecule has 0 aromatic rings. The van der Waals surface area contributed by atoms with Crippen molar-refractivity contribution in [1.29, 1.82) is 0 Å². The first kappa shape index (κ1) is 19.1. The fourth-order valence-corrected chi connectivity index (χ4v) is 5.21. The minimum atomic E-state index is -0.718. The Hall–Kier alpha value is -0.260. The van der Waals surface area contributed by atoms with Gasteiger partial charge in [0.25, 0.3) is 0 Å². The van der Waals surface area contributed by atoms with Gasteiger partial charge < -0.3 is 14.6 Å². The number of rotatable bonds is 12. The van der Waals surface area contributed by atoms with Gasteiger partial charge in [-0.15, -0.1) is 0 Å². The van der Waals surface area contributed by atoms with Crippen LogP contribution in [0.1, 0.15) is 58.8 Å². The molecule has 5 heteroatoms. The van der Waals surface area contributed by atoms with E-state index in [2.05, 4.69) is 25.6 Å². The van der Waals surface area contributed by atoms with Gasteiger partial charge in [0.15, 0.2) is 0 Å². The predicted octanol–water partition coefficient (Wildman–Crippen LogP) is 3.97. The first-order chi connectivity index (χ1) is 11.1. The number of aliphatic carboxylic acids is 1. The van der Waals surface area contributed by atoms with E-state index >= 15 is 0 Å². The molecular formula is C18H32O4S. The van der Waals surface area contributed by atoms with E-state index in [0.717, 1.165) is 18.3 Å². The minimum absolute atomic E-state index is 0.245. The highest BCUT2D eigenvalue weighted by atomic mass is 32.2. The summed E-state index contributed by atoms with van der Waals surface area (Å²) in [5.41, 5.74) is 0. The lowest BCUT2D eigenvalue weighted by molar-refractivity contribution is -0.137. The van der Waals surface area contributed by atoms with Crippen molar-refractivity contribution < 1.29 is 19.4 Å². The van der Waals surface area contributed by atoms with Crippen molar-refractivity contribution >= 4 is 17.7 Å². The fraction of sp³-hybridized carbons (Fsp3) is 0.944. The molecule has 2 bridgehead atoms. The number of carbonyl (C=O) groups is 1. The molecule has 2 rings (SSSR count). The van der Waals surface area contributed by atoms with E-state index in [1.165, 1.54) is 31.4 Å². The molecule has 2 aliphatic rings. The topological polar surface area (TPSA) is 55.8 Å². The van der Waals surface area contributed by atoms with Crippen LogP contribution in [0, 0.1) is 11.8 Å². The van der Waals surface area contributed by atoms with Gasteiger partial charge in [0.1, 0.15) is 0 Å². The van der Waals surface area contributed by atoms with E-state index in [1.54, 1.807) is 0 Å². The molecule has 0 aromatic heterocycles. The molecule has 134 valence electrons. The lowest BCUT2D eigenvalue weighted by Crippen LogP contribution is -2.33. The van der Waals surface area contributed by atoms with E-state index in [0.29, 0.717) is 37.1 Å². The Labute approximate surface area is 144 Å². The third kappa shape index (κ3) is 5.95. The van der Waals surface area contributed by atoms with Crippen molar-refractivity contribution in [3.05, 3.63) is 0 Å². The molecule has 0 spiro atoms. The summed E-state index contributed by atoms with van der Waals surface area (Å²) < 4.78 is 12.0. The zero-order chi connectivity index (χ0) is 16.7. The molecule has 0 aliphatic carbocycles. The van der Waals surface area contributed by atoms with Gasteiger partial charge in [0.05, 0.1) is 18.8 Å². The first-order valence-electron chi connectivity index (χ1n) is 9.18. The van der Waals surface area contributed by atoms with Gasteiger partial charge in [-0.3, -0.25) is 4.79 Å². The van der Waals surface area contributed by atoms with Crippen LogP contribution in [0.4, 0.5) is 0 Å². The molecular weight excluding hydrogens is 312 g/mol. The minimum Gasteiger partial charge on any atom is -0.481 e. The third-order valence-electron chi connectivity index (χ3n) is 5.10. The Morgan fingerprint density at radius 3 is 2.74 bits per heavy atom. The Morgan fingerprint density at radius 2 is 2.04 bits per heavy atom. The van der Waals surface area contributed by atoms with Crippen molar-refractivity contribution in [2.75, 3.05) is 19.0 Å². The van der Waals surface area contributed by atoms with Crippen LogP contribution in [-0.2, 0) is 14.3 Å². The van der Waals surface area contributed by atoms with Crippen LogP contribution < -0.4 is 0 Å². The molecule has 2 saturated heterocycles. The van der Waals surface area contributed by atoms with Crippen LogP contribution in [0.5, 0.6) is 0 Å². The smallest absolute Gasteiger partial charge is 0.303 e. The van der Waals surface area contributed by atoms with Crippen LogP contribution in [0.3, 0.4) is 0 Å². The van der Waals surface area contributed by atoms with Crippen molar-refractivity contribution in [2.45, 2.75) is 76.3 Å². The number of hydrogen-bond acceptors (Lipinski definition) is 4. The fourth-order valence-electron chi connectivity index (χ4n) is 3.80. The molecule has 0 saturated carbocycles. The number of unbranched alkanes of at least 4 members (excludes halogenated alkanes) is 1. The van der Waals surface area contributed by atoms with Crippen LogP contribution in [-0.4, -0.2) is 47.5 Å². The SMILES string of the molecule is CCCC(C)SCC1C2CCC(O2)C1COCCCCC(=O)O. The number of carboxylic acid groups (broad SMARTS) is 1.